The summed E-state index contributed by atoms with van der Waals surface area (Å²) >= 11 is 0. The lowest BCUT2D eigenvalue weighted by atomic mass is 9.78. The van der Waals surface area contributed by atoms with Gasteiger partial charge in [0, 0.05) is 12.0 Å². The van der Waals surface area contributed by atoms with Crippen LogP contribution in [0, 0.1) is 11.7 Å². The zero-order valence-electron chi connectivity index (χ0n) is 12.9. The van der Waals surface area contributed by atoms with Crippen LogP contribution in [0.25, 0.3) is 0 Å². The van der Waals surface area contributed by atoms with Gasteiger partial charge in [0.2, 0.25) is 5.91 Å². The lowest BCUT2D eigenvalue weighted by molar-refractivity contribution is -0.127. The zero-order valence-corrected chi connectivity index (χ0v) is 12.9. The highest BCUT2D eigenvalue weighted by atomic mass is 19.1. The third kappa shape index (κ3) is 3.02. The molecule has 3 nitrogen and oxygen atoms in total. The van der Waals surface area contributed by atoms with Crippen LogP contribution in [0.3, 0.4) is 0 Å². The minimum atomic E-state index is -0.495. The number of benzene rings is 1. The first-order chi connectivity index (χ1) is 10.6. The molecule has 0 aromatic heterocycles. The smallest absolute Gasteiger partial charge is 0.225 e. The Morgan fingerprint density at radius 1 is 1.18 bits per heavy atom. The van der Waals surface area contributed by atoms with E-state index in [9.17, 15) is 14.3 Å². The average molecular weight is 305 g/mol. The summed E-state index contributed by atoms with van der Waals surface area (Å²) in [4.78, 5) is 12.3. The van der Waals surface area contributed by atoms with E-state index in [-0.39, 0.29) is 23.1 Å². The third-order valence-corrected chi connectivity index (χ3v) is 5.43. The van der Waals surface area contributed by atoms with Crippen molar-refractivity contribution in [3.05, 3.63) is 35.6 Å². The maximum absolute atomic E-state index is 13.2. The molecule has 1 aromatic rings. The van der Waals surface area contributed by atoms with Crippen LogP contribution in [0.2, 0.25) is 0 Å². The number of hydrogen-bond acceptors (Lipinski definition) is 2. The zero-order chi connectivity index (χ0) is 15.6. The van der Waals surface area contributed by atoms with E-state index in [0.29, 0.717) is 6.54 Å². The van der Waals surface area contributed by atoms with Crippen molar-refractivity contribution in [1.82, 2.24) is 5.32 Å². The molecule has 120 valence electrons. The monoisotopic (exact) mass is 305 g/mol. The molecular formula is C18H24FNO2. The highest BCUT2D eigenvalue weighted by Crippen LogP contribution is 2.40. The molecule has 1 aromatic carbocycles. The molecule has 2 aliphatic rings. The lowest BCUT2D eigenvalue weighted by Crippen LogP contribution is -2.43. The van der Waals surface area contributed by atoms with E-state index < -0.39 is 6.10 Å². The summed E-state index contributed by atoms with van der Waals surface area (Å²) in [6, 6.07) is 6.68. The fourth-order valence-electron chi connectivity index (χ4n) is 4.06. The van der Waals surface area contributed by atoms with Crippen LogP contribution in [-0.2, 0) is 10.2 Å². The van der Waals surface area contributed by atoms with Gasteiger partial charge >= 0.3 is 0 Å². The Balaban J connectivity index is 1.69. The Kier molecular flexibility index (Phi) is 4.48. The fourth-order valence-corrected chi connectivity index (χ4v) is 4.06. The molecule has 2 N–H and O–H groups in total. The van der Waals surface area contributed by atoms with Gasteiger partial charge in [0.25, 0.3) is 0 Å². The molecule has 0 spiro atoms. The number of nitrogens with one attached hydrogen (secondary N) is 1. The van der Waals surface area contributed by atoms with Gasteiger partial charge in [-0.05, 0) is 49.8 Å². The molecule has 0 bridgehead atoms. The molecule has 0 aliphatic heterocycles. The second-order valence-corrected chi connectivity index (χ2v) is 6.82. The van der Waals surface area contributed by atoms with Crippen LogP contribution in [0.5, 0.6) is 0 Å². The Bertz CT molecular complexity index is 522. The number of aliphatic hydroxyl groups excluding tert-OH is 1. The summed E-state index contributed by atoms with van der Waals surface area (Å²) in [6.45, 7) is 0.584. The average Bonchev–Trinajstić information content (AvgIpc) is 3.15. The number of rotatable bonds is 4. The van der Waals surface area contributed by atoms with E-state index in [4.69, 9.17) is 0 Å². The number of aliphatic hydroxyl groups is 1. The molecule has 2 unspecified atom stereocenters. The van der Waals surface area contributed by atoms with Gasteiger partial charge in [-0.15, -0.1) is 0 Å². The number of carbonyl (C=O) groups is 1. The molecule has 0 saturated heterocycles. The maximum atomic E-state index is 13.2. The van der Waals surface area contributed by atoms with E-state index in [1.54, 1.807) is 0 Å². The summed E-state index contributed by atoms with van der Waals surface area (Å²) in [5.74, 6) is -0.514. The van der Waals surface area contributed by atoms with Crippen LogP contribution >= 0.6 is 0 Å². The second kappa shape index (κ2) is 6.37. The summed E-state index contributed by atoms with van der Waals surface area (Å²) in [7, 11) is 0. The molecule has 0 heterocycles. The number of amides is 1. The van der Waals surface area contributed by atoms with Crippen molar-refractivity contribution in [3.8, 4) is 0 Å². The maximum Gasteiger partial charge on any atom is 0.225 e. The SMILES string of the molecule is O=C(NCC1(c2ccc(F)cc2)CCCC1)C1CCCC1O. The van der Waals surface area contributed by atoms with E-state index in [1.165, 1.54) is 12.1 Å². The van der Waals surface area contributed by atoms with Crippen LogP contribution in [-0.4, -0.2) is 23.7 Å². The van der Waals surface area contributed by atoms with Crippen LogP contribution in [0.4, 0.5) is 4.39 Å². The van der Waals surface area contributed by atoms with Crippen molar-refractivity contribution in [3.63, 3.8) is 0 Å². The van der Waals surface area contributed by atoms with Gasteiger partial charge in [-0.2, -0.15) is 0 Å². The molecule has 3 rings (SSSR count). The molecule has 2 aliphatic carbocycles. The molecule has 1 amide bonds. The summed E-state index contributed by atoms with van der Waals surface area (Å²) in [6.07, 6.45) is 6.24. The number of hydrogen-bond donors (Lipinski definition) is 2. The highest BCUT2D eigenvalue weighted by molar-refractivity contribution is 5.79. The van der Waals surface area contributed by atoms with E-state index >= 15 is 0 Å². The normalized spacial score (nSPS) is 27.0. The third-order valence-electron chi connectivity index (χ3n) is 5.43. The molecule has 2 saturated carbocycles. The molecule has 4 heteroatoms. The van der Waals surface area contributed by atoms with E-state index in [2.05, 4.69) is 5.32 Å². The Hall–Kier alpha value is -1.42. The van der Waals surface area contributed by atoms with E-state index in [0.717, 1.165) is 50.5 Å². The highest BCUT2D eigenvalue weighted by Gasteiger charge is 2.38. The topological polar surface area (TPSA) is 49.3 Å². The molecular weight excluding hydrogens is 281 g/mol. The number of carbonyl (C=O) groups excluding carboxylic acids is 1. The van der Waals surface area contributed by atoms with Gasteiger partial charge in [-0.3, -0.25) is 4.79 Å². The minimum Gasteiger partial charge on any atom is -0.392 e. The van der Waals surface area contributed by atoms with Crippen molar-refractivity contribution in [2.75, 3.05) is 6.54 Å². The van der Waals surface area contributed by atoms with Crippen LogP contribution in [0.1, 0.15) is 50.5 Å². The van der Waals surface area contributed by atoms with Gasteiger partial charge in [-0.1, -0.05) is 25.0 Å². The quantitative estimate of drug-likeness (QED) is 0.898. The molecule has 0 radical (unpaired) electrons. The summed E-state index contributed by atoms with van der Waals surface area (Å²) in [5, 5.41) is 12.9. The van der Waals surface area contributed by atoms with Gasteiger partial charge in [0.05, 0.1) is 12.0 Å². The molecule has 2 atom stereocenters. The van der Waals surface area contributed by atoms with Crippen molar-refractivity contribution >= 4 is 5.91 Å². The summed E-state index contributed by atoms with van der Waals surface area (Å²) < 4.78 is 13.2. The fraction of sp³-hybridized carbons (Fsp3) is 0.611. The second-order valence-electron chi connectivity index (χ2n) is 6.82. The largest absolute Gasteiger partial charge is 0.392 e. The molecule has 2 fully saturated rings. The Morgan fingerprint density at radius 2 is 1.86 bits per heavy atom. The van der Waals surface area contributed by atoms with Crippen molar-refractivity contribution < 1.29 is 14.3 Å². The van der Waals surface area contributed by atoms with Crippen molar-refractivity contribution in [2.24, 2.45) is 5.92 Å². The minimum absolute atomic E-state index is 0.0293. The summed E-state index contributed by atoms with van der Waals surface area (Å²) in [5.41, 5.74) is 1.03. The van der Waals surface area contributed by atoms with Crippen molar-refractivity contribution in [2.45, 2.75) is 56.5 Å². The molecule has 22 heavy (non-hydrogen) atoms. The van der Waals surface area contributed by atoms with Crippen LogP contribution in [0.15, 0.2) is 24.3 Å². The van der Waals surface area contributed by atoms with Gasteiger partial charge in [-0.25, -0.2) is 4.39 Å². The number of halogens is 1. The predicted molar refractivity (Wildman–Crippen MR) is 82.9 cm³/mol. The van der Waals surface area contributed by atoms with Gasteiger partial charge < -0.3 is 10.4 Å². The van der Waals surface area contributed by atoms with Crippen molar-refractivity contribution in [1.29, 1.82) is 0 Å². The first-order valence-corrected chi connectivity index (χ1v) is 8.33. The van der Waals surface area contributed by atoms with Crippen LogP contribution < -0.4 is 5.32 Å². The van der Waals surface area contributed by atoms with Gasteiger partial charge in [0.1, 0.15) is 5.82 Å². The lowest BCUT2D eigenvalue weighted by Gasteiger charge is -2.31. The standard InChI is InChI=1S/C18H24FNO2/c19-14-8-6-13(7-9-14)18(10-1-2-11-18)12-20-17(22)15-4-3-5-16(15)21/h6-9,15-16,21H,1-5,10-12H2,(H,20,22). The Morgan fingerprint density at radius 3 is 2.45 bits per heavy atom. The van der Waals surface area contributed by atoms with Gasteiger partial charge in [0.15, 0.2) is 0 Å². The predicted octanol–water partition coefficient (Wildman–Crippen LogP) is 2.91. The first kappa shape index (κ1) is 15.5. The Labute approximate surface area is 130 Å². The van der Waals surface area contributed by atoms with E-state index in [1.807, 2.05) is 12.1 Å². The first-order valence-electron chi connectivity index (χ1n) is 8.33.